The number of piperidine rings is 1. The summed E-state index contributed by atoms with van der Waals surface area (Å²) in [6.07, 6.45) is 9.66. The van der Waals surface area contributed by atoms with Gasteiger partial charge in [-0.25, -0.2) is 4.68 Å². The summed E-state index contributed by atoms with van der Waals surface area (Å²) < 4.78 is 7.23. The van der Waals surface area contributed by atoms with Crippen molar-refractivity contribution < 1.29 is 9.53 Å². The standard InChI is InChI=1S/C23H34N6O2S/c1-31-20-12-10-18(11-13-20)21(28-14-6-3-7-15-28)16-24-22(30)17-32-23-25-26-27-29(23)19-8-4-2-5-9-19/h10-13,19,21H,2-9,14-17H2,1H3,(H,24,30)/t21-/m1/s1. The Morgan fingerprint density at radius 1 is 1.12 bits per heavy atom. The van der Waals surface area contributed by atoms with Crippen LogP contribution in [0, 0.1) is 0 Å². The van der Waals surface area contributed by atoms with Gasteiger partial charge < -0.3 is 10.1 Å². The van der Waals surface area contributed by atoms with Crippen molar-refractivity contribution in [2.45, 2.75) is 68.6 Å². The molecule has 0 radical (unpaired) electrons. The van der Waals surface area contributed by atoms with Crippen molar-refractivity contribution in [3.8, 4) is 5.75 Å². The monoisotopic (exact) mass is 458 g/mol. The minimum atomic E-state index is 0.0173. The maximum Gasteiger partial charge on any atom is 0.230 e. The zero-order chi connectivity index (χ0) is 22.2. The number of carbonyl (C=O) groups is 1. The van der Waals surface area contributed by atoms with Gasteiger partial charge in [0, 0.05) is 6.54 Å². The van der Waals surface area contributed by atoms with Crippen LogP contribution in [0.5, 0.6) is 5.75 Å². The van der Waals surface area contributed by atoms with Crippen molar-refractivity contribution in [1.82, 2.24) is 30.4 Å². The van der Waals surface area contributed by atoms with Crippen LogP contribution in [0.3, 0.4) is 0 Å². The number of tetrazole rings is 1. The van der Waals surface area contributed by atoms with E-state index in [0.29, 0.717) is 18.3 Å². The summed E-state index contributed by atoms with van der Waals surface area (Å²) >= 11 is 1.43. The molecule has 0 bridgehead atoms. The molecule has 1 N–H and O–H groups in total. The van der Waals surface area contributed by atoms with Gasteiger partial charge in [-0.3, -0.25) is 9.69 Å². The van der Waals surface area contributed by atoms with E-state index in [-0.39, 0.29) is 11.9 Å². The second kappa shape index (κ2) is 11.7. The normalized spacial score (nSPS) is 18.9. The number of hydrogen-bond donors (Lipinski definition) is 1. The average Bonchev–Trinajstić information content (AvgIpc) is 3.33. The minimum Gasteiger partial charge on any atom is -0.497 e. The molecule has 1 saturated carbocycles. The predicted molar refractivity (Wildman–Crippen MR) is 125 cm³/mol. The maximum atomic E-state index is 12.7. The third-order valence-corrected chi connectivity index (χ3v) is 7.47. The number of benzene rings is 1. The molecule has 0 spiro atoms. The highest BCUT2D eigenvalue weighted by Crippen LogP contribution is 2.30. The molecule has 1 saturated heterocycles. The van der Waals surface area contributed by atoms with E-state index < -0.39 is 0 Å². The van der Waals surface area contributed by atoms with Gasteiger partial charge >= 0.3 is 0 Å². The van der Waals surface area contributed by atoms with Gasteiger partial charge in [0.2, 0.25) is 11.1 Å². The largest absolute Gasteiger partial charge is 0.497 e. The minimum absolute atomic E-state index is 0.0173. The van der Waals surface area contributed by atoms with Crippen molar-refractivity contribution in [3.63, 3.8) is 0 Å². The lowest BCUT2D eigenvalue weighted by Gasteiger charge is -2.35. The van der Waals surface area contributed by atoms with Gasteiger partial charge in [0.25, 0.3) is 0 Å². The van der Waals surface area contributed by atoms with Gasteiger partial charge in [-0.1, -0.05) is 49.6 Å². The molecule has 2 aromatic rings. The van der Waals surface area contributed by atoms with Crippen molar-refractivity contribution in [3.05, 3.63) is 29.8 Å². The van der Waals surface area contributed by atoms with Gasteiger partial charge in [-0.15, -0.1) is 5.10 Å². The van der Waals surface area contributed by atoms with Crippen LogP contribution in [0.4, 0.5) is 0 Å². The number of ether oxygens (including phenoxy) is 1. The third-order valence-electron chi connectivity index (χ3n) is 6.54. The van der Waals surface area contributed by atoms with Crippen molar-refractivity contribution in [2.75, 3.05) is 32.5 Å². The number of methoxy groups -OCH3 is 1. The third kappa shape index (κ3) is 6.01. The lowest BCUT2D eigenvalue weighted by atomic mass is 9.96. The zero-order valence-corrected chi connectivity index (χ0v) is 19.7. The SMILES string of the molecule is COc1ccc([C@@H](CNC(=O)CSc2nnnn2C2CCCCC2)N2CCCCC2)cc1. The van der Waals surface area contributed by atoms with Crippen molar-refractivity contribution >= 4 is 17.7 Å². The van der Waals surface area contributed by atoms with Crippen LogP contribution in [0.2, 0.25) is 0 Å². The number of aromatic nitrogens is 4. The van der Waals surface area contributed by atoms with Crippen LogP contribution < -0.4 is 10.1 Å². The van der Waals surface area contributed by atoms with E-state index in [0.717, 1.165) is 36.8 Å². The molecule has 8 nitrogen and oxygen atoms in total. The van der Waals surface area contributed by atoms with Crippen molar-refractivity contribution in [1.29, 1.82) is 0 Å². The summed E-state index contributed by atoms with van der Waals surface area (Å²) in [5.41, 5.74) is 1.21. The summed E-state index contributed by atoms with van der Waals surface area (Å²) in [5, 5.41) is 16.1. The lowest BCUT2D eigenvalue weighted by Crippen LogP contribution is -2.41. The first-order valence-electron chi connectivity index (χ1n) is 11.8. The predicted octanol–water partition coefficient (Wildman–Crippen LogP) is 3.62. The summed E-state index contributed by atoms with van der Waals surface area (Å²) in [5.74, 6) is 1.19. The average molecular weight is 459 g/mol. The first-order chi connectivity index (χ1) is 15.7. The van der Waals surface area contributed by atoms with Crippen LogP contribution in [0.25, 0.3) is 0 Å². The highest BCUT2D eigenvalue weighted by atomic mass is 32.2. The molecule has 2 heterocycles. The second-order valence-electron chi connectivity index (χ2n) is 8.68. The molecule has 4 rings (SSSR count). The smallest absolute Gasteiger partial charge is 0.230 e. The Morgan fingerprint density at radius 2 is 1.84 bits per heavy atom. The Hall–Kier alpha value is -2.13. The number of carbonyl (C=O) groups excluding carboxylic acids is 1. The van der Waals surface area contributed by atoms with E-state index in [1.807, 2.05) is 16.8 Å². The fourth-order valence-corrected chi connectivity index (χ4v) is 5.52. The molecule has 1 aliphatic heterocycles. The number of rotatable bonds is 9. The Bertz CT molecular complexity index is 846. The first kappa shape index (κ1) is 23.0. The number of hydrogen-bond acceptors (Lipinski definition) is 7. The molecule has 1 aliphatic carbocycles. The second-order valence-corrected chi connectivity index (χ2v) is 9.62. The molecular formula is C23H34N6O2S. The molecule has 1 amide bonds. The number of thioether (sulfide) groups is 1. The highest BCUT2D eigenvalue weighted by molar-refractivity contribution is 7.99. The van der Waals surface area contributed by atoms with E-state index in [9.17, 15) is 4.79 Å². The first-order valence-corrected chi connectivity index (χ1v) is 12.8. The Morgan fingerprint density at radius 3 is 2.56 bits per heavy atom. The fourth-order valence-electron chi connectivity index (χ4n) is 4.74. The van der Waals surface area contributed by atoms with Crippen LogP contribution in [-0.2, 0) is 4.79 Å². The number of nitrogens with zero attached hydrogens (tertiary/aromatic N) is 5. The van der Waals surface area contributed by atoms with Gasteiger partial charge in [0.05, 0.1) is 24.9 Å². The van der Waals surface area contributed by atoms with E-state index >= 15 is 0 Å². The van der Waals surface area contributed by atoms with Gasteiger partial charge in [-0.2, -0.15) is 0 Å². The van der Waals surface area contributed by atoms with Gasteiger partial charge in [0.15, 0.2) is 0 Å². The van der Waals surface area contributed by atoms with Gasteiger partial charge in [0.1, 0.15) is 5.75 Å². The quantitative estimate of drug-likeness (QED) is 0.575. The molecule has 32 heavy (non-hydrogen) atoms. The zero-order valence-electron chi connectivity index (χ0n) is 18.9. The summed E-state index contributed by atoms with van der Waals surface area (Å²) in [6.45, 7) is 2.73. The summed E-state index contributed by atoms with van der Waals surface area (Å²) in [6, 6.07) is 8.74. The molecule has 2 fully saturated rings. The van der Waals surface area contributed by atoms with Crippen LogP contribution in [0.15, 0.2) is 29.4 Å². The van der Waals surface area contributed by atoms with Crippen LogP contribution in [-0.4, -0.2) is 63.5 Å². The van der Waals surface area contributed by atoms with Crippen LogP contribution >= 0.6 is 11.8 Å². The van der Waals surface area contributed by atoms with Gasteiger partial charge in [-0.05, 0) is 66.9 Å². The van der Waals surface area contributed by atoms with E-state index in [1.54, 1.807) is 7.11 Å². The van der Waals surface area contributed by atoms with Crippen molar-refractivity contribution in [2.24, 2.45) is 0 Å². The molecule has 174 valence electrons. The summed E-state index contributed by atoms with van der Waals surface area (Å²) in [4.78, 5) is 15.2. The Balaban J connectivity index is 1.33. The topological polar surface area (TPSA) is 85.2 Å². The molecule has 1 atom stereocenters. The van der Waals surface area contributed by atoms with E-state index in [2.05, 4.69) is 37.9 Å². The Kier molecular flexibility index (Phi) is 8.39. The number of likely N-dealkylation sites (tertiary alicyclic amines) is 1. The Labute approximate surface area is 194 Å². The lowest BCUT2D eigenvalue weighted by molar-refractivity contribution is -0.118. The fraction of sp³-hybridized carbons (Fsp3) is 0.652. The molecular weight excluding hydrogens is 424 g/mol. The summed E-state index contributed by atoms with van der Waals surface area (Å²) in [7, 11) is 1.68. The molecule has 1 aromatic carbocycles. The molecule has 2 aliphatic rings. The number of nitrogens with one attached hydrogen (secondary N) is 1. The van der Waals surface area contributed by atoms with E-state index in [1.165, 1.54) is 55.9 Å². The molecule has 1 aromatic heterocycles. The number of amides is 1. The molecule has 9 heteroatoms. The highest BCUT2D eigenvalue weighted by Gasteiger charge is 2.24. The van der Waals surface area contributed by atoms with Crippen LogP contribution in [0.1, 0.15) is 69.0 Å². The van der Waals surface area contributed by atoms with E-state index in [4.69, 9.17) is 4.74 Å². The molecule has 0 unspecified atom stereocenters. The maximum absolute atomic E-state index is 12.7.